The molecule has 1 aromatic heterocycles. The fraction of sp³-hybridized carbons (Fsp3) is 0.200. The van der Waals surface area contributed by atoms with Crippen molar-refractivity contribution < 1.29 is 9.31 Å². The van der Waals surface area contributed by atoms with Crippen LogP contribution < -0.4 is 5.73 Å². The fourth-order valence-electron chi connectivity index (χ4n) is 1.51. The molecule has 2 rings (SSSR count). The van der Waals surface area contributed by atoms with Crippen LogP contribution in [-0.2, 0) is 6.42 Å². The third-order valence-corrected chi connectivity index (χ3v) is 2.32. The average Bonchev–Trinajstić information content (AvgIpc) is 2.77. The molecule has 0 aliphatic heterocycles. The molecule has 0 bridgehead atoms. The predicted octanol–water partition coefficient (Wildman–Crippen LogP) is 0.816. The first kappa shape index (κ1) is 12.1. The second-order valence-electron chi connectivity index (χ2n) is 3.58. The summed E-state index contributed by atoms with van der Waals surface area (Å²) in [6.07, 6.45) is 2.00. The van der Waals surface area contributed by atoms with E-state index in [1.54, 1.807) is 0 Å². The minimum Gasteiger partial charge on any atom is -0.330 e. The molecule has 0 unspecified atom stereocenters. The molecule has 8 heteroatoms. The number of rotatable bonds is 4. The highest BCUT2D eigenvalue weighted by Crippen LogP contribution is 2.22. The van der Waals surface area contributed by atoms with E-state index in [0.717, 1.165) is 18.2 Å². The summed E-state index contributed by atoms with van der Waals surface area (Å²) in [5, 5.41) is 18.4. The van der Waals surface area contributed by atoms with E-state index in [9.17, 15) is 14.5 Å². The van der Waals surface area contributed by atoms with Gasteiger partial charge in [0.25, 0.3) is 5.69 Å². The standard InChI is InChI=1S/C10H10FN5O2/c11-7-1-2-9(16(17)18)10(5-7)15-6-8(3-4-12)13-14-15/h1-2,5-6H,3-4,12H2. The molecular formula is C10H10FN5O2. The largest absolute Gasteiger partial charge is 0.330 e. The highest BCUT2D eigenvalue weighted by atomic mass is 19.1. The van der Waals surface area contributed by atoms with Crippen LogP contribution in [0.25, 0.3) is 5.69 Å². The second kappa shape index (κ2) is 4.88. The Hall–Kier alpha value is -2.35. The number of nitro groups is 1. The first-order valence-corrected chi connectivity index (χ1v) is 5.17. The molecule has 94 valence electrons. The van der Waals surface area contributed by atoms with Gasteiger partial charge in [-0.1, -0.05) is 5.21 Å². The number of benzene rings is 1. The van der Waals surface area contributed by atoms with Gasteiger partial charge in [0.15, 0.2) is 0 Å². The number of halogens is 1. The molecule has 0 amide bonds. The maximum absolute atomic E-state index is 13.1. The lowest BCUT2D eigenvalue weighted by atomic mass is 10.2. The van der Waals surface area contributed by atoms with E-state index in [1.165, 1.54) is 10.9 Å². The lowest BCUT2D eigenvalue weighted by Gasteiger charge is -2.01. The third-order valence-electron chi connectivity index (χ3n) is 2.32. The van der Waals surface area contributed by atoms with E-state index in [1.807, 2.05) is 0 Å². The van der Waals surface area contributed by atoms with Gasteiger partial charge in [-0.3, -0.25) is 10.1 Å². The highest BCUT2D eigenvalue weighted by Gasteiger charge is 2.17. The number of hydrogen-bond donors (Lipinski definition) is 1. The van der Waals surface area contributed by atoms with Gasteiger partial charge in [0.05, 0.1) is 16.8 Å². The van der Waals surface area contributed by atoms with Gasteiger partial charge in [-0.05, 0) is 12.6 Å². The predicted molar refractivity (Wildman–Crippen MR) is 60.7 cm³/mol. The van der Waals surface area contributed by atoms with E-state index in [4.69, 9.17) is 5.73 Å². The maximum atomic E-state index is 13.1. The number of nitrogens with two attached hydrogens (primary N) is 1. The lowest BCUT2D eigenvalue weighted by molar-refractivity contribution is -0.384. The van der Waals surface area contributed by atoms with E-state index < -0.39 is 10.7 Å². The van der Waals surface area contributed by atoms with Crippen molar-refractivity contribution in [3.8, 4) is 5.69 Å². The number of hydrogen-bond acceptors (Lipinski definition) is 5. The molecular weight excluding hydrogens is 241 g/mol. The molecule has 0 spiro atoms. The van der Waals surface area contributed by atoms with Crippen molar-refractivity contribution in [2.24, 2.45) is 5.73 Å². The number of nitro benzene ring substituents is 1. The Morgan fingerprint density at radius 3 is 2.94 bits per heavy atom. The Balaban J connectivity index is 2.47. The van der Waals surface area contributed by atoms with Crippen LogP contribution in [0.1, 0.15) is 5.69 Å². The van der Waals surface area contributed by atoms with Crippen molar-refractivity contribution in [1.82, 2.24) is 15.0 Å². The summed E-state index contributed by atoms with van der Waals surface area (Å²) < 4.78 is 14.3. The Labute approximate surface area is 101 Å². The van der Waals surface area contributed by atoms with Crippen LogP contribution in [-0.4, -0.2) is 26.5 Å². The molecule has 18 heavy (non-hydrogen) atoms. The van der Waals surface area contributed by atoms with Gasteiger partial charge in [0.1, 0.15) is 11.5 Å². The summed E-state index contributed by atoms with van der Waals surface area (Å²) in [5.74, 6) is -0.577. The molecule has 2 aromatic rings. The monoisotopic (exact) mass is 251 g/mol. The van der Waals surface area contributed by atoms with Gasteiger partial charge in [-0.15, -0.1) is 5.10 Å². The average molecular weight is 251 g/mol. The second-order valence-corrected chi connectivity index (χ2v) is 3.58. The zero-order chi connectivity index (χ0) is 13.1. The van der Waals surface area contributed by atoms with Crippen molar-refractivity contribution in [3.05, 3.63) is 46.0 Å². The Bertz CT molecular complexity index is 583. The van der Waals surface area contributed by atoms with Gasteiger partial charge in [-0.2, -0.15) is 0 Å². The third kappa shape index (κ3) is 2.33. The van der Waals surface area contributed by atoms with Crippen LogP contribution in [0.2, 0.25) is 0 Å². The van der Waals surface area contributed by atoms with Gasteiger partial charge in [-0.25, -0.2) is 9.07 Å². The quantitative estimate of drug-likeness (QED) is 0.640. The molecule has 0 saturated carbocycles. The summed E-state index contributed by atoms with van der Waals surface area (Å²) >= 11 is 0. The first-order chi connectivity index (χ1) is 8.61. The van der Waals surface area contributed by atoms with Gasteiger partial charge in [0.2, 0.25) is 0 Å². The van der Waals surface area contributed by atoms with E-state index in [-0.39, 0.29) is 11.4 Å². The number of aromatic nitrogens is 3. The van der Waals surface area contributed by atoms with Crippen molar-refractivity contribution in [3.63, 3.8) is 0 Å². The molecule has 1 aromatic carbocycles. The summed E-state index contributed by atoms with van der Waals surface area (Å²) in [4.78, 5) is 10.2. The highest BCUT2D eigenvalue weighted by molar-refractivity contribution is 5.51. The van der Waals surface area contributed by atoms with Crippen LogP contribution in [0, 0.1) is 15.9 Å². The van der Waals surface area contributed by atoms with Crippen LogP contribution in [0.15, 0.2) is 24.4 Å². The SMILES string of the molecule is NCCc1cn(-c2cc(F)ccc2[N+](=O)[O-])nn1. The van der Waals surface area contributed by atoms with Crippen LogP contribution in [0.3, 0.4) is 0 Å². The minimum atomic E-state index is -0.598. The van der Waals surface area contributed by atoms with E-state index >= 15 is 0 Å². The fourth-order valence-corrected chi connectivity index (χ4v) is 1.51. The van der Waals surface area contributed by atoms with Crippen LogP contribution in [0.5, 0.6) is 0 Å². The van der Waals surface area contributed by atoms with Crippen molar-refractivity contribution in [1.29, 1.82) is 0 Å². The van der Waals surface area contributed by atoms with Gasteiger partial charge >= 0.3 is 0 Å². The maximum Gasteiger partial charge on any atom is 0.295 e. The molecule has 0 aliphatic carbocycles. The molecule has 0 atom stereocenters. The van der Waals surface area contributed by atoms with Crippen LogP contribution >= 0.6 is 0 Å². The van der Waals surface area contributed by atoms with Crippen molar-refractivity contribution >= 4 is 5.69 Å². The van der Waals surface area contributed by atoms with Gasteiger partial charge in [0, 0.05) is 18.6 Å². The minimum absolute atomic E-state index is 0.0378. The van der Waals surface area contributed by atoms with Crippen molar-refractivity contribution in [2.75, 3.05) is 6.54 Å². The zero-order valence-electron chi connectivity index (χ0n) is 9.28. The summed E-state index contributed by atoms with van der Waals surface area (Å²) in [6, 6.07) is 3.16. The molecule has 0 radical (unpaired) electrons. The topological polar surface area (TPSA) is 99.9 Å². The van der Waals surface area contributed by atoms with Gasteiger partial charge < -0.3 is 5.73 Å². The molecule has 2 N–H and O–H groups in total. The summed E-state index contributed by atoms with van der Waals surface area (Å²) in [5.41, 5.74) is 5.76. The Kier molecular flexibility index (Phi) is 3.28. The first-order valence-electron chi connectivity index (χ1n) is 5.17. The lowest BCUT2D eigenvalue weighted by Crippen LogP contribution is -2.03. The van der Waals surface area contributed by atoms with Crippen LogP contribution in [0.4, 0.5) is 10.1 Å². The zero-order valence-corrected chi connectivity index (χ0v) is 9.28. The molecule has 0 fully saturated rings. The molecule has 7 nitrogen and oxygen atoms in total. The molecule has 0 saturated heterocycles. The van der Waals surface area contributed by atoms with E-state index in [0.29, 0.717) is 18.7 Å². The summed E-state index contributed by atoms with van der Waals surface area (Å²) in [7, 11) is 0. The Morgan fingerprint density at radius 2 is 2.28 bits per heavy atom. The Morgan fingerprint density at radius 1 is 1.50 bits per heavy atom. The normalized spacial score (nSPS) is 10.6. The smallest absolute Gasteiger partial charge is 0.295 e. The summed E-state index contributed by atoms with van der Waals surface area (Å²) in [6.45, 7) is 0.393. The number of nitrogens with zero attached hydrogens (tertiary/aromatic N) is 4. The molecule has 0 aliphatic rings. The van der Waals surface area contributed by atoms with E-state index in [2.05, 4.69) is 10.3 Å². The molecule has 1 heterocycles. The van der Waals surface area contributed by atoms with Crippen molar-refractivity contribution in [2.45, 2.75) is 6.42 Å².